The van der Waals surface area contributed by atoms with Gasteiger partial charge in [0.1, 0.15) is 5.58 Å². The molecule has 4 rings (SSSR count). The summed E-state index contributed by atoms with van der Waals surface area (Å²) >= 11 is 0. The van der Waals surface area contributed by atoms with Gasteiger partial charge in [-0.05, 0) is 36.8 Å². The molecule has 1 aliphatic heterocycles. The van der Waals surface area contributed by atoms with Gasteiger partial charge < -0.3 is 19.2 Å². The van der Waals surface area contributed by atoms with Gasteiger partial charge in [0, 0.05) is 17.5 Å². The highest BCUT2D eigenvalue weighted by Gasteiger charge is 2.34. The zero-order chi connectivity index (χ0) is 19.7. The van der Waals surface area contributed by atoms with E-state index in [1.54, 1.807) is 41.3 Å². The molecule has 3 aromatic rings. The van der Waals surface area contributed by atoms with E-state index in [4.69, 9.17) is 9.15 Å². The second-order valence-corrected chi connectivity index (χ2v) is 6.83. The second-order valence-electron chi connectivity index (χ2n) is 6.83. The Morgan fingerprint density at radius 2 is 1.96 bits per heavy atom. The monoisotopic (exact) mass is 379 g/mol. The molecule has 2 aromatic carbocycles. The predicted octanol–water partition coefficient (Wildman–Crippen LogP) is 2.68. The summed E-state index contributed by atoms with van der Waals surface area (Å²) in [6.45, 7) is 2.86. The number of amides is 1. The van der Waals surface area contributed by atoms with E-state index >= 15 is 0 Å². The fraction of sp³-hybridized carbons (Fsp3) is 0.273. The molecule has 6 nitrogen and oxygen atoms in total. The third-order valence-electron chi connectivity index (χ3n) is 5.09. The summed E-state index contributed by atoms with van der Waals surface area (Å²) in [5.41, 5.74) is 1.54. The quantitative estimate of drug-likeness (QED) is 0.705. The Morgan fingerprint density at radius 3 is 2.71 bits per heavy atom. The van der Waals surface area contributed by atoms with Crippen LogP contribution in [0.15, 0.2) is 63.8 Å². The van der Waals surface area contributed by atoms with Crippen molar-refractivity contribution in [3.05, 3.63) is 70.6 Å². The fourth-order valence-corrected chi connectivity index (χ4v) is 3.61. The normalized spacial score (nSPS) is 19.1. The molecule has 144 valence electrons. The van der Waals surface area contributed by atoms with Gasteiger partial charge in [0.05, 0.1) is 30.9 Å². The Hall–Kier alpha value is -2.96. The fourth-order valence-electron chi connectivity index (χ4n) is 3.61. The molecule has 0 radical (unpaired) electrons. The van der Waals surface area contributed by atoms with Crippen molar-refractivity contribution in [3.8, 4) is 11.1 Å². The first-order chi connectivity index (χ1) is 13.6. The average Bonchev–Trinajstić information content (AvgIpc) is 3.13. The van der Waals surface area contributed by atoms with Crippen molar-refractivity contribution in [1.29, 1.82) is 0 Å². The molecule has 0 bridgehead atoms. The molecule has 1 fully saturated rings. The molecular formula is C22H21NO5. The minimum absolute atomic E-state index is 0.205. The summed E-state index contributed by atoms with van der Waals surface area (Å²) in [5.74, 6) is -0.205. The molecule has 1 N–H and O–H groups in total. The van der Waals surface area contributed by atoms with Gasteiger partial charge in [0.15, 0.2) is 0 Å². The zero-order valence-electron chi connectivity index (χ0n) is 15.5. The number of likely N-dealkylation sites (N-methyl/N-ethyl adjacent to an activating group) is 1. The Labute approximate surface area is 162 Å². The minimum atomic E-state index is -0.695. The van der Waals surface area contributed by atoms with E-state index in [0.29, 0.717) is 35.4 Å². The molecule has 28 heavy (non-hydrogen) atoms. The number of nitrogens with zero attached hydrogens (tertiary/aromatic N) is 1. The summed E-state index contributed by atoms with van der Waals surface area (Å²) in [6, 6.07) is 15.6. The third-order valence-corrected chi connectivity index (χ3v) is 5.09. The van der Waals surface area contributed by atoms with E-state index in [2.05, 4.69) is 0 Å². The number of para-hydroxylation sites is 1. The topological polar surface area (TPSA) is 80.0 Å². The van der Waals surface area contributed by atoms with Gasteiger partial charge in [-0.25, -0.2) is 4.79 Å². The van der Waals surface area contributed by atoms with Gasteiger partial charge in [-0.3, -0.25) is 4.79 Å². The number of aliphatic hydroxyl groups is 1. The zero-order valence-corrected chi connectivity index (χ0v) is 15.5. The van der Waals surface area contributed by atoms with E-state index < -0.39 is 11.7 Å². The number of carbonyl (C=O) groups excluding carboxylic acids is 1. The van der Waals surface area contributed by atoms with E-state index in [1.165, 1.54) is 0 Å². The molecule has 2 heterocycles. The van der Waals surface area contributed by atoms with Gasteiger partial charge in [0.25, 0.3) is 5.91 Å². The second kappa shape index (κ2) is 7.58. The van der Waals surface area contributed by atoms with Gasteiger partial charge in [0.2, 0.25) is 0 Å². The SMILES string of the molecule is CCN(C(=O)c1cccc(-c2cc3ccccc3oc2=O)c1)[C@H]1COC[C@@H]1O. The van der Waals surface area contributed by atoms with E-state index in [0.717, 1.165) is 5.39 Å². The van der Waals surface area contributed by atoms with E-state index in [9.17, 15) is 14.7 Å². The van der Waals surface area contributed by atoms with Gasteiger partial charge in [-0.1, -0.05) is 30.3 Å². The lowest BCUT2D eigenvalue weighted by Gasteiger charge is -2.29. The van der Waals surface area contributed by atoms with Crippen molar-refractivity contribution in [1.82, 2.24) is 4.90 Å². The lowest BCUT2D eigenvalue weighted by Crippen LogP contribution is -2.46. The maximum atomic E-state index is 13.0. The van der Waals surface area contributed by atoms with Gasteiger partial charge in [-0.15, -0.1) is 0 Å². The van der Waals surface area contributed by atoms with Crippen LogP contribution in [0, 0.1) is 0 Å². The highest BCUT2D eigenvalue weighted by molar-refractivity contribution is 5.96. The number of aliphatic hydroxyl groups excluding tert-OH is 1. The molecule has 0 saturated carbocycles. The van der Waals surface area contributed by atoms with Crippen molar-refractivity contribution in [3.63, 3.8) is 0 Å². The maximum absolute atomic E-state index is 13.0. The van der Waals surface area contributed by atoms with Crippen molar-refractivity contribution < 1.29 is 19.1 Å². The molecule has 2 atom stereocenters. The Morgan fingerprint density at radius 1 is 1.14 bits per heavy atom. The van der Waals surface area contributed by atoms with E-state index in [1.807, 2.05) is 25.1 Å². The van der Waals surface area contributed by atoms with Crippen LogP contribution in [-0.2, 0) is 4.74 Å². The summed E-state index contributed by atoms with van der Waals surface area (Å²) in [6.07, 6.45) is -0.695. The summed E-state index contributed by atoms with van der Waals surface area (Å²) in [5, 5.41) is 10.9. The molecule has 6 heteroatoms. The average molecular weight is 379 g/mol. The molecule has 1 aromatic heterocycles. The number of fused-ring (bicyclic) bond motifs is 1. The molecular weight excluding hydrogens is 358 g/mol. The molecule has 1 aliphatic rings. The lowest BCUT2D eigenvalue weighted by molar-refractivity contribution is 0.0520. The number of ether oxygens (including phenoxy) is 1. The first-order valence-electron chi connectivity index (χ1n) is 9.28. The smallest absolute Gasteiger partial charge is 0.344 e. The van der Waals surface area contributed by atoms with Crippen molar-refractivity contribution in [2.75, 3.05) is 19.8 Å². The first kappa shape index (κ1) is 18.4. The van der Waals surface area contributed by atoms with Crippen LogP contribution in [0.2, 0.25) is 0 Å². The maximum Gasteiger partial charge on any atom is 0.344 e. The Balaban J connectivity index is 1.71. The van der Waals surface area contributed by atoms with E-state index in [-0.39, 0.29) is 18.6 Å². The third kappa shape index (κ3) is 3.32. The molecule has 0 spiro atoms. The van der Waals surface area contributed by atoms with Gasteiger partial charge in [-0.2, -0.15) is 0 Å². The number of benzene rings is 2. The summed E-state index contributed by atoms with van der Waals surface area (Å²) in [4.78, 5) is 27.1. The van der Waals surface area contributed by atoms with Crippen LogP contribution in [0.5, 0.6) is 0 Å². The summed E-state index contributed by atoms with van der Waals surface area (Å²) in [7, 11) is 0. The summed E-state index contributed by atoms with van der Waals surface area (Å²) < 4.78 is 10.7. The highest BCUT2D eigenvalue weighted by Crippen LogP contribution is 2.23. The van der Waals surface area contributed by atoms with Crippen LogP contribution >= 0.6 is 0 Å². The minimum Gasteiger partial charge on any atom is -0.422 e. The van der Waals surface area contributed by atoms with Crippen LogP contribution in [0.25, 0.3) is 22.1 Å². The number of hydrogen-bond donors (Lipinski definition) is 1. The molecule has 0 unspecified atom stereocenters. The molecule has 1 amide bonds. The molecule has 0 aliphatic carbocycles. The number of rotatable bonds is 4. The van der Waals surface area contributed by atoms with Crippen molar-refractivity contribution in [2.24, 2.45) is 0 Å². The van der Waals surface area contributed by atoms with Crippen LogP contribution < -0.4 is 5.63 Å². The largest absolute Gasteiger partial charge is 0.422 e. The lowest BCUT2D eigenvalue weighted by atomic mass is 10.0. The number of carbonyl (C=O) groups is 1. The van der Waals surface area contributed by atoms with Gasteiger partial charge >= 0.3 is 5.63 Å². The van der Waals surface area contributed by atoms with Crippen LogP contribution in [0.1, 0.15) is 17.3 Å². The Bertz CT molecular complexity index is 1070. The van der Waals surface area contributed by atoms with Crippen LogP contribution in [0.3, 0.4) is 0 Å². The predicted molar refractivity (Wildman–Crippen MR) is 105 cm³/mol. The van der Waals surface area contributed by atoms with Crippen molar-refractivity contribution >= 4 is 16.9 Å². The number of hydrogen-bond acceptors (Lipinski definition) is 5. The molecule has 1 saturated heterocycles. The van der Waals surface area contributed by atoms with Crippen molar-refractivity contribution in [2.45, 2.75) is 19.1 Å². The van der Waals surface area contributed by atoms with Crippen LogP contribution in [0.4, 0.5) is 0 Å². The van der Waals surface area contributed by atoms with Crippen LogP contribution in [-0.4, -0.2) is 47.8 Å². The first-order valence-corrected chi connectivity index (χ1v) is 9.28. The standard InChI is InChI=1S/C22H21NO5/c1-2-23(18-12-27-13-19(18)24)21(25)16-8-5-7-14(10-16)17-11-15-6-3-4-9-20(15)28-22(17)26/h3-11,18-19,24H,2,12-13H2,1H3/t18-,19-/m0/s1. The highest BCUT2D eigenvalue weighted by atomic mass is 16.5. The Kier molecular flexibility index (Phi) is 4.98.